The molecule has 0 N–H and O–H groups in total. The summed E-state index contributed by atoms with van der Waals surface area (Å²) in [7, 11) is -3.16. The molecule has 2 rings (SSSR count). The minimum atomic E-state index is -3.16. The Morgan fingerprint density at radius 3 is 2.62 bits per heavy atom. The topological polar surface area (TPSA) is 49.7 Å². The molecule has 86 valence electrons. The second-order valence-electron chi connectivity index (χ2n) is 3.67. The summed E-state index contributed by atoms with van der Waals surface area (Å²) >= 11 is 0. The molecule has 1 aromatic carbocycles. The molecule has 1 aromatic rings. The van der Waals surface area contributed by atoms with Crippen LogP contribution >= 0.6 is 0 Å². The summed E-state index contributed by atoms with van der Waals surface area (Å²) in [5.41, 5.74) is 0. The molecular weight excluding hydrogens is 224 g/mol. The van der Waals surface area contributed by atoms with E-state index in [0.717, 1.165) is 13.0 Å². The summed E-state index contributed by atoms with van der Waals surface area (Å²) in [5.74, 6) is 0.119. The zero-order chi connectivity index (χ0) is 11.4. The highest BCUT2D eigenvalue weighted by molar-refractivity contribution is 7.91. The Morgan fingerprint density at radius 2 is 2.00 bits per heavy atom. The summed E-state index contributed by atoms with van der Waals surface area (Å²) in [6.07, 6.45) is 2.72. The lowest BCUT2D eigenvalue weighted by Crippen LogP contribution is -2.23. The molecule has 1 aliphatic rings. The molecule has 0 saturated heterocycles. The maximum absolute atomic E-state index is 11.9. The second-order valence-corrected chi connectivity index (χ2v) is 5.78. The summed E-state index contributed by atoms with van der Waals surface area (Å²) in [6.45, 7) is 1.29. The first-order chi connectivity index (χ1) is 7.68. The highest BCUT2D eigenvalue weighted by Crippen LogP contribution is 2.11. The van der Waals surface area contributed by atoms with Gasteiger partial charge >= 0.3 is 0 Å². The standard InChI is InChI=1S/C11H14N2O2S/c14-16(15,11-5-2-1-3-6-11)10-9-13-8-4-7-12-13/h1-3,5-7H,4,8-10H2. The lowest BCUT2D eigenvalue weighted by atomic mass is 10.4. The van der Waals surface area contributed by atoms with Gasteiger partial charge < -0.3 is 0 Å². The molecule has 0 spiro atoms. The lowest BCUT2D eigenvalue weighted by Gasteiger charge is -2.13. The van der Waals surface area contributed by atoms with Gasteiger partial charge in [-0.05, 0) is 12.1 Å². The summed E-state index contributed by atoms with van der Waals surface area (Å²) < 4.78 is 23.8. The number of benzene rings is 1. The predicted molar refractivity (Wildman–Crippen MR) is 63.2 cm³/mol. The third-order valence-electron chi connectivity index (χ3n) is 2.48. The number of nitrogens with zero attached hydrogens (tertiary/aromatic N) is 2. The van der Waals surface area contributed by atoms with Crippen molar-refractivity contribution in [2.75, 3.05) is 18.8 Å². The highest BCUT2D eigenvalue weighted by atomic mass is 32.2. The van der Waals surface area contributed by atoms with Crippen molar-refractivity contribution in [3.63, 3.8) is 0 Å². The number of hydrazone groups is 1. The van der Waals surface area contributed by atoms with E-state index in [9.17, 15) is 8.42 Å². The van der Waals surface area contributed by atoms with Crippen LogP contribution in [0.5, 0.6) is 0 Å². The molecule has 4 nitrogen and oxygen atoms in total. The number of sulfone groups is 1. The van der Waals surface area contributed by atoms with Gasteiger partial charge in [0.15, 0.2) is 9.84 Å². The van der Waals surface area contributed by atoms with Gasteiger partial charge in [-0.2, -0.15) is 5.10 Å². The Kier molecular flexibility index (Phi) is 3.24. The van der Waals surface area contributed by atoms with Crippen LogP contribution in [-0.2, 0) is 9.84 Å². The summed E-state index contributed by atoms with van der Waals surface area (Å²) in [4.78, 5) is 0.387. The smallest absolute Gasteiger partial charge is 0.180 e. The maximum atomic E-state index is 11.9. The van der Waals surface area contributed by atoms with E-state index in [-0.39, 0.29) is 5.75 Å². The van der Waals surface area contributed by atoms with E-state index in [1.165, 1.54) is 0 Å². The first-order valence-electron chi connectivity index (χ1n) is 5.24. The van der Waals surface area contributed by atoms with Crippen molar-refractivity contribution in [2.45, 2.75) is 11.3 Å². The van der Waals surface area contributed by atoms with Crippen molar-refractivity contribution in [3.05, 3.63) is 30.3 Å². The number of hydrogen-bond acceptors (Lipinski definition) is 4. The fraction of sp³-hybridized carbons (Fsp3) is 0.364. The Balaban J connectivity index is 2.00. The molecule has 0 atom stereocenters. The normalized spacial score (nSPS) is 15.6. The van der Waals surface area contributed by atoms with E-state index in [1.54, 1.807) is 29.3 Å². The maximum Gasteiger partial charge on any atom is 0.180 e. The molecule has 1 aliphatic heterocycles. The van der Waals surface area contributed by atoms with Crippen LogP contribution in [0.15, 0.2) is 40.3 Å². The van der Waals surface area contributed by atoms with Crippen molar-refractivity contribution < 1.29 is 8.42 Å². The molecule has 0 aromatic heterocycles. The first kappa shape index (κ1) is 11.1. The van der Waals surface area contributed by atoms with Gasteiger partial charge in [0.25, 0.3) is 0 Å². The van der Waals surface area contributed by atoms with Gasteiger partial charge in [-0.3, -0.25) is 5.01 Å². The van der Waals surface area contributed by atoms with E-state index in [2.05, 4.69) is 5.10 Å². The minimum Gasteiger partial charge on any atom is -0.296 e. The van der Waals surface area contributed by atoms with Crippen LogP contribution in [0.2, 0.25) is 0 Å². The molecule has 0 bridgehead atoms. The van der Waals surface area contributed by atoms with Crippen LogP contribution in [-0.4, -0.2) is 38.5 Å². The van der Waals surface area contributed by atoms with Gasteiger partial charge in [0.2, 0.25) is 0 Å². The average molecular weight is 238 g/mol. The first-order valence-corrected chi connectivity index (χ1v) is 6.89. The van der Waals surface area contributed by atoms with Crippen molar-refractivity contribution in [3.8, 4) is 0 Å². The van der Waals surface area contributed by atoms with Gasteiger partial charge in [-0.15, -0.1) is 0 Å². The third-order valence-corrected chi connectivity index (χ3v) is 4.19. The molecule has 0 aliphatic carbocycles. The van der Waals surface area contributed by atoms with Crippen LogP contribution in [0.25, 0.3) is 0 Å². The van der Waals surface area contributed by atoms with E-state index in [4.69, 9.17) is 0 Å². The summed E-state index contributed by atoms with van der Waals surface area (Å²) in [5, 5.41) is 5.87. The SMILES string of the molecule is O=S(=O)(CCN1CCC=N1)c1ccccc1. The van der Waals surface area contributed by atoms with E-state index in [0.29, 0.717) is 11.4 Å². The van der Waals surface area contributed by atoms with E-state index in [1.807, 2.05) is 12.3 Å². The fourth-order valence-electron chi connectivity index (χ4n) is 1.58. The van der Waals surface area contributed by atoms with Gasteiger partial charge in [-0.25, -0.2) is 8.42 Å². The highest BCUT2D eigenvalue weighted by Gasteiger charge is 2.16. The molecule has 1 heterocycles. The molecule has 0 fully saturated rings. The third kappa shape index (κ3) is 2.61. The van der Waals surface area contributed by atoms with Crippen molar-refractivity contribution in [1.82, 2.24) is 5.01 Å². The van der Waals surface area contributed by atoms with Crippen LogP contribution in [0.1, 0.15) is 6.42 Å². The zero-order valence-corrected chi connectivity index (χ0v) is 9.73. The van der Waals surface area contributed by atoms with Gasteiger partial charge in [-0.1, -0.05) is 18.2 Å². The molecule has 5 heteroatoms. The second kappa shape index (κ2) is 4.65. The molecule has 0 unspecified atom stereocenters. The van der Waals surface area contributed by atoms with E-state index < -0.39 is 9.84 Å². The van der Waals surface area contributed by atoms with Crippen LogP contribution in [0.3, 0.4) is 0 Å². The predicted octanol–water partition coefficient (Wildman–Crippen LogP) is 1.15. The Hall–Kier alpha value is -1.36. The van der Waals surface area contributed by atoms with Crippen LogP contribution < -0.4 is 0 Å². The Morgan fingerprint density at radius 1 is 1.25 bits per heavy atom. The van der Waals surface area contributed by atoms with Gasteiger partial charge in [0, 0.05) is 19.2 Å². The Labute approximate surface area is 95.5 Å². The van der Waals surface area contributed by atoms with Gasteiger partial charge in [0.05, 0.1) is 17.2 Å². The average Bonchev–Trinajstić information content (AvgIpc) is 2.81. The molecular formula is C11H14N2O2S. The number of rotatable bonds is 4. The van der Waals surface area contributed by atoms with E-state index >= 15 is 0 Å². The minimum absolute atomic E-state index is 0.119. The molecule has 0 saturated carbocycles. The monoisotopic (exact) mass is 238 g/mol. The summed E-state index contributed by atoms with van der Waals surface area (Å²) in [6, 6.07) is 8.54. The molecule has 16 heavy (non-hydrogen) atoms. The fourth-order valence-corrected chi connectivity index (χ4v) is 2.84. The quantitative estimate of drug-likeness (QED) is 0.790. The lowest BCUT2D eigenvalue weighted by molar-refractivity contribution is 0.337. The van der Waals surface area contributed by atoms with Crippen molar-refractivity contribution >= 4 is 16.1 Å². The Bertz CT molecular complexity index is 468. The van der Waals surface area contributed by atoms with Crippen molar-refractivity contribution in [1.29, 1.82) is 0 Å². The van der Waals surface area contributed by atoms with Gasteiger partial charge in [0.1, 0.15) is 0 Å². The number of hydrogen-bond donors (Lipinski definition) is 0. The molecule has 0 radical (unpaired) electrons. The van der Waals surface area contributed by atoms with Crippen LogP contribution in [0, 0.1) is 0 Å². The van der Waals surface area contributed by atoms with Crippen molar-refractivity contribution in [2.24, 2.45) is 5.10 Å². The van der Waals surface area contributed by atoms with Crippen LogP contribution in [0.4, 0.5) is 0 Å². The largest absolute Gasteiger partial charge is 0.296 e. The molecule has 0 amide bonds. The zero-order valence-electron chi connectivity index (χ0n) is 8.91.